The highest BCUT2D eigenvalue weighted by Gasteiger charge is 2.38. The van der Waals surface area contributed by atoms with Gasteiger partial charge in [0.1, 0.15) is 11.5 Å². The Balaban J connectivity index is 0.000000429. The minimum atomic E-state index is -5.08. The molecule has 1 aliphatic heterocycles. The number of carboxylic acids is 1. The molecule has 8 nitrogen and oxygen atoms in total. The summed E-state index contributed by atoms with van der Waals surface area (Å²) in [5.41, 5.74) is 3.66. The summed E-state index contributed by atoms with van der Waals surface area (Å²) in [7, 11) is -2.58. The van der Waals surface area contributed by atoms with E-state index in [0.717, 1.165) is 6.42 Å². The second kappa shape index (κ2) is 10.6. The van der Waals surface area contributed by atoms with Crippen molar-refractivity contribution in [1.29, 1.82) is 0 Å². The number of benzene rings is 1. The molecule has 3 aromatic rings. The summed E-state index contributed by atoms with van der Waals surface area (Å²) in [4.78, 5) is 28.2. The third kappa shape index (κ3) is 6.12. The van der Waals surface area contributed by atoms with E-state index in [-0.39, 0.29) is 24.2 Å². The number of alkyl halides is 3. The average molecular weight is 532 g/mol. The number of hydrogen-bond donors (Lipinski definition) is 2. The number of aromatic nitrogens is 2. The third-order valence-electron chi connectivity index (χ3n) is 5.60. The summed E-state index contributed by atoms with van der Waals surface area (Å²) < 4.78 is 55.5. The molecule has 1 N–H and O–H groups in total. The maximum absolute atomic E-state index is 13.1. The Morgan fingerprint density at radius 3 is 2.51 bits per heavy atom. The van der Waals surface area contributed by atoms with E-state index in [1.807, 2.05) is 24.0 Å². The quantitative estimate of drug-likeness (QED) is 0.498. The number of aliphatic carboxylic acids is 1. The molecular formula is C22H21ClF3N3O5S. The normalized spacial score (nSPS) is 15.5. The van der Waals surface area contributed by atoms with Crippen molar-refractivity contribution in [3.05, 3.63) is 64.4 Å². The SMILES string of the molecule is C[C@H]1c2ccccc2CCN1C(=O)Cc1c(Cl)cnc2c1ccn2C[SH](=O)=O.O=C(O)C(F)(F)F. The molecule has 3 heterocycles. The molecule has 0 bridgehead atoms. The van der Waals surface area contributed by atoms with Gasteiger partial charge in [-0.25, -0.2) is 18.2 Å². The van der Waals surface area contributed by atoms with Crippen LogP contribution in [0, 0.1) is 0 Å². The molecule has 188 valence electrons. The summed E-state index contributed by atoms with van der Waals surface area (Å²) in [6, 6.07) is 9.97. The number of nitrogens with zero attached hydrogens (tertiary/aromatic N) is 3. The Kier molecular flexibility index (Phi) is 8.06. The highest BCUT2D eigenvalue weighted by molar-refractivity contribution is 7.71. The standard InChI is InChI=1S/C20H20ClN3O3S.C2HF3O2/c1-13-15-5-3-2-4-14(15)6-9-24(13)19(25)10-17-16-7-8-23(12-28(26)27)20(16)22-11-18(17)21;3-2(4,5)1(6)7/h2-5,7-8,11,13,28H,6,9-10,12H2,1H3;(H,6,7)/t13-;/m0./s1. The van der Waals surface area contributed by atoms with Crippen molar-refractivity contribution in [2.45, 2.75) is 37.9 Å². The first-order valence-corrected chi connectivity index (χ1v) is 12.1. The Labute approximate surface area is 204 Å². The Morgan fingerprint density at radius 2 is 1.89 bits per heavy atom. The molecule has 0 spiro atoms. The predicted molar refractivity (Wildman–Crippen MR) is 123 cm³/mol. The summed E-state index contributed by atoms with van der Waals surface area (Å²) in [5, 5.41) is 8.25. The van der Waals surface area contributed by atoms with Gasteiger partial charge in [-0.1, -0.05) is 35.9 Å². The highest BCUT2D eigenvalue weighted by atomic mass is 35.5. The fourth-order valence-corrected chi connectivity index (χ4v) is 4.65. The molecule has 4 rings (SSSR count). The molecule has 0 unspecified atom stereocenters. The van der Waals surface area contributed by atoms with Gasteiger partial charge in [-0.2, -0.15) is 13.2 Å². The summed E-state index contributed by atoms with van der Waals surface area (Å²) in [6.45, 7) is 2.71. The second-order valence-corrected chi connectivity index (χ2v) is 9.13. The van der Waals surface area contributed by atoms with Gasteiger partial charge in [0.2, 0.25) is 5.91 Å². The van der Waals surface area contributed by atoms with Crippen molar-refractivity contribution >= 4 is 45.2 Å². The third-order valence-corrected chi connectivity index (χ3v) is 6.46. The van der Waals surface area contributed by atoms with E-state index in [2.05, 4.69) is 17.1 Å². The number of carboxylic acid groups (broad SMARTS) is 1. The van der Waals surface area contributed by atoms with E-state index in [4.69, 9.17) is 21.5 Å². The molecule has 1 atom stereocenters. The molecule has 1 aliphatic rings. The molecule has 35 heavy (non-hydrogen) atoms. The zero-order chi connectivity index (χ0) is 25.9. The number of carbonyl (C=O) groups is 2. The van der Waals surface area contributed by atoms with Crippen LogP contribution in [-0.2, 0) is 39.0 Å². The predicted octanol–water partition coefficient (Wildman–Crippen LogP) is 3.58. The molecule has 1 aromatic carbocycles. The number of hydrogen-bond acceptors (Lipinski definition) is 5. The molecular weight excluding hydrogens is 511 g/mol. The van der Waals surface area contributed by atoms with E-state index in [9.17, 15) is 26.4 Å². The van der Waals surface area contributed by atoms with Crippen LogP contribution in [-0.4, -0.2) is 52.6 Å². The van der Waals surface area contributed by atoms with E-state index in [1.165, 1.54) is 17.3 Å². The van der Waals surface area contributed by atoms with Crippen LogP contribution in [0.2, 0.25) is 5.02 Å². The smallest absolute Gasteiger partial charge is 0.475 e. The topological polar surface area (TPSA) is 110 Å². The highest BCUT2D eigenvalue weighted by Crippen LogP contribution is 2.31. The zero-order valence-corrected chi connectivity index (χ0v) is 20.0. The first kappa shape index (κ1) is 26.5. The van der Waals surface area contributed by atoms with Crippen molar-refractivity contribution in [2.75, 3.05) is 6.54 Å². The van der Waals surface area contributed by atoms with Gasteiger partial charge in [-0.05, 0) is 36.1 Å². The molecule has 0 aliphatic carbocycles. The lowest BCUT2D eigenvalue weighted by Crippen LogP contribution is -2.39. The summed E-state index contributed by atoms with van der Waals surface area (Å²) in [5.74, 6) is -2.91. The van der Waals surface area contributed by atoms with Crippen LogP contribution in [0.15, 0.2) is 42.7 Å². The van der Waals surface area contributed by atoms with Crippen LogP contribution in [0.3, 0.4) is 0 Å². The number of fused-ring (bicyclic) bond motifs is 2. The van der Waals surface area contributed by atoms with Gasteiger partial charge < -0.3 is 14.6 Å². The van der Waals surface area contributed by atoms with Gasteiger partial charge in [0.25, 0.3) is 0 Å². The molecule has 0 fully saturated rings. The molecule has 0 saturated carbocycles. The fourth-order valence-electron chi connectivity index (χ4n) is 3.95. The number of thiol groups is 1. The van der Waals surface area contributed by atoms with E-state index in [1.54, 1.807) is 16.8 Å². The van der Waals surface area contributed by atoms with Crippen LogP contribution in [0.5, 0.6) is 0 Å². The van der Waals surface area contributed by atoms with Gasteiger partial charge in [0, 0.05) is 24.3 Å². The maximum Gasteiger partial charge on any atom is 0.490 e. The molecule has 1 amide bonds. The molecule has 13 heteroatoms. The van der Waals surface area contributed by atoms with E-state index >= 15 is 0 Å². The molecule has 2 aromatic heterocycles. The Hall–Kier alpha value is -3.12. The Morgan fingerprint density at radius 1 is 1.23 bits per heavy atom. The van der Waals surface area contributed by atoms with Gasteiger partial charge in [-0.3, -0.25) is 4.79 Å². The summed E-state index contributed by atoms with van der Waals surface area (Å²) in [6.07, 6.45) is -0.959. The number of rotatable bonds is 4. The maximum atomic E-state index is 13.1. The minimum absolute atomic E-state index is 0.000876. The monoisotopic (exact) mass is 531 g/mol. The second-order valence-electron chi connectivity index (χ2n) is 7.77. The number of pyridine rings is 1. The number of halogens is 4. The Bertz CT molecular complexity index is 1330. The van der Waals surface area contributed by atoms with Crippen LogP contribution >= 0.6 is 11.6 Å². The van der Waals surface area contributed by atoms with Crippen LogP contribution in [0.1, 0.15) is 29.7 Å². The number of amides is 1. The van der Waals surface area contributed by atoms with Crippen LogP contribution in [0.4, 0.5) is 13.2 Å². The zero-order valence-electron chi connectivity index (χ0n) is 18.3. The largest absolute Gasteiger partial charge is 0.490 e. The van der Waals surface area contributed by atoms with Gasteiger partial charge in [0.15, 0.2) is 10.7 Å². The lowest BCUT2D eigenvalue weighted by molar-refractivity contribution is -0.192. The molecule has 0 saturated heterocycles. The van der Waals surface area contributed by atoms with Gasteiger partial charge >= 0.3 is 12.1 Å². The van der Waals surface area contributed by atoms with Crippen LogP contribution in [0.25, 0.3) is 11.0 Å². The van der Waals surface area contributed by atoms with Crippen LogP contribution < -0.4 is 0 Å². The summed E-state index contributed by atoms with van der Waals surface area (Å²) >= 11 is 6.36. The van der Waals surface area contributed by atoms with Crippen molar-refractivity contribution in [3.8, 4) is 0 Å². The van der Waals surface area contributed by atoms with E-state index in [0.29, 0.717) is 28.2 Å². The lowest BCUT2D eigenvalue weighted by Gasteiger charge is -2.35. The lowest BCUT2D eigenvalue weighted by atomic mass is 9.93. The molecule has 0 radical (unpaired) electrons. The van der Waals surface area contributed by atoms with Crippen molar-refractivity contribution in [3.63, 3.8) is 0 Å². The van der Waals surface area contributed by atoms with Crippen molar-refractivity contribution in [2.24, 2.45) is 0 Å². The first-order chi connectivity index (χ1) is 16.4. The van der Waals surface area contributed by atoms with Crippen molar-refractivity contribution in [1.82, 2.24) is 14.5 Å². The van der Waals surface area contributed by atoms with Gasteiger partial charge in [-0.15, -0.1) is 0 Å². The average Bonchev–Trinajstić information content (AvgIpc) is 3.18. The minimum Gasteiger partial charge on any atom is -0.475 e. The fraction of sp³-hybridized carbons (Fsp3) is 0.318. The first-order valence-electron chi connectivity index (χ1n) is 10.3. The van der Waals surface area contributed by atoms with Gasteiger partial charge in [0.05, 0.1) is 17.5 Å². The number of carbonyl (C=O) groups excluding carboxylic acids is 1. The van der Waals surface area contributed by atoms with Crippen molar-refractivity contribution < 1.29 is 36.3 Å². The van der Waals surface area contributed by atoms with E-state index < -0.39 is 22.8 Å².